The number of piperidine rings is 1. The molecule has 1 saturated heterocycles. The predicted octanol–water partition coefficient (Wildman–Crippen LogP) is 3.90. The quantitative estimate of drug-likeness (QED) is 0.654. The monoisotopic (exact) mass is 439 g/mol. The zero-order valence-corrected chi connectivity index (χ0v) is 19.1. The highest BCUT2D eigenvalue weighted by Crippen LogP contribution is 2.31. The third kappa shape index (κ3) is 4.18. The van der Waals surface area contributed by atoms with Crippen molar-refractivity contribution < 1.29 is 9.18 Å². The van der Waals surface area contributed by atoms with E-state index in [0.717, 1.165) is 11.1 Å². The number of nitrogens with one attached hydrogen (secondary N) is 1. The number of aromatic nitrogens is 4. The van der Waals surface area contributed by atoms with Gasteiger partial charge in [0.2, 0.25) is 5.91 Å². The number of rotatable bonds is 5. The summed E-state index contributed by atoms with van der Waals surface area (Å²) in [5.41, 5.74) is 0.920. The van der Waals surface area contributed by atoms with E-state index in [4.69, 9.17) is 0 Å². The number of likely N-dealkylation sites (tertiary alicyclic amines) is 1. The molecule has 1 amide bonds. The average Bonchev–Trinajstić information content (AvgIpc) is 3.07. The molecule has 1 aromatic carbocycles. The van der Waals surface area contributed by atoms with E-state index in [9.17, 15) is 9.59 Å². The number of carbonyl (C=O) groups excluding carboxylic acids is 1. The minimum atomic E-state index is -1.58. The van der Waals surface area contributed by atoms with E-state index in [2.05, 4.69) is 28.8 Å². The van der Waals surface area contributed by atoms with Crippen LogP contribution < -0.4 is 5.69 Å². The molecule has 170 valence electrons. The van der Waals surface area contributed by atoms with Gasteiger partial charge in [-0.3, -0.25) is 9.36 Å². The molecule has 7 nitrogen and oxygen atoms in total. The molecule has 0 atom stereocenters. The van der Waals surface area contributed by atoms with Crippen LogP contribution in [-0.4, -0.2) is 49.1 Å². The number of hydrogen-bond donors (Lipinski definition) is 1. The molecule has 0 radical (unpaired) electrons. The number of carbonyl (C=O) groups is 1. The molecule has 0 spiro atoms. The van der Waals surface area contributed by atoms with Crippen LogP contribution in [0.25, 0.3) is 22.6 Å². The van der Waals surface area contributed by atoms with Crippen molar-refractivity contribution in [3.63, 3.8) is 0 Å². The number of nitrogens with zero attached hydrogens (tertiary/aromatic N) is 4. The molecular weight excluding hydrogens is 409 g/mol. The topological polar surface area (TPSA) is 83.9 Å². The average molecular weight is 440 g/mol. The van der Waals surface area contributed by atoms with Crippen LogP contribution in [-0.2, 0) is 11.3 Å². The van der Waals surface area contributed by atoms with Gasteiger partial charge < -0.3 is 9.88 Å². The van der Waals surface area contributed by atoms with Gasteiger partial charge in [0, 0.05) is 37.4 Å². The summed E-state index contributed by atoms with van der Waals surface area (Å²) in [5, 5.41) is 0. The minimum absolute atomic E-state index is 0.0394. The van der Waals surface area contributed by atoms with Gasteiger partial charge in [-0.2, -0.15) is 0 Å². The Morgan fingerprint density at radius 1 is 1.19 bits per heavy atom. The number of hydrogen-bond acceptors (Lipinski definition) is 4. The van der Waals surface area contributed by atoms with Gasteiger partial charge in [-0.15, -0.1) is 0 Å². The van der Waals surface area contributed by atoms with Gasteiger partial charge in [0.15, 0.2) is 11.5 Å². The number of H-pyrrole nitrogens is 1. The van der Waals surface area contributed by atoms with E-state index in [1.165, 1.54) is 4.57 Å². The molecule has 8 heteroatoms. The highest BCUT2D eigenvalue weighted by molar-refractivity contribution is 5.78. The predicted molar refractivity (Wildman–Crippen MR) is 122 cm³/mol. The van der Waals surface area contributed by atoms with Gasteiger partial charge in [-0.05, 0) is 11.5 Å². The Bertz CT molecular complexity index is 1190. The molecule has 3 aromatic rings. The first-order valence-electron chi connectivity index (χ1n) is 11.2. The summed E-state index contributed by atoms with van der Waals surface area (Å²) in [6.45, 7) is 8.51. The van der Waals surface area contributed by atoms with E-state index < -0.39 is 11.4 Å². The van der Waals surface area contributed by atoms with Crippen molar-refractivity contribution in [2.24, 2.45) is 5.92 Å². The molecule has 1 aliphatic heterocycles. The van der Waals surface area contributed by atoms with Gasteiger partial charge >= 0.3 is 5.69 Å². The lowest BCUT2D eigenvalue weighted by molar-refractivity contribution is -0.137. The van der Waals surface area contributed by atoms with E-state index in [1.807, 2.05) is 38.1 Å². The van der Waals surface area contributed by atoms with Crippen LogP contribution in [0.15, 0.2) is 35.3 Å². The van der Waals surface area contributed by atoms with Crippen molar-refractivity contribution in [3.8, 4) is 11.4 Å². The van der Waals surface area contributed by atoms with Crippen LogP contribution in [0.1, 0.15) is 52.0 Å². The summed E-state index contributed by atoms with van der Waals surface area (Å²) in [5.74, 6) is 0.728. The van der Waals surface area contributed by atoms with Crippen molar-refractivity contribution in [1.29, 1.82) is 0 Å². The summed E-state index contributed by atoms with van der Waals surface area (Å²) in [6, 6.07) is 7.92. The van der Waals surface area contributed by atoms with Crippen molar-refractivity contribution in [2.75, 3.05) is 13.1 Å². The van der Waals surface area contributed by atoms with Gasteiger partial charge in [-0.25, -0.2) is 19.2 Å². The number of imidazole rings is 1. The number of aromatic amines is 1. The Morgan fingerprint density at radius 3 is 2.53 bits per heavy atom. The molecule has 1 aliphatic rings. The van der Waals surface area contributed by atoms with E-state index in [1.54, 1.807) is 11.1 Å². The smallest absolute Gasteiger partial charge is 0.327 e. The molecule has 1 fully saturated rings. The minimum Gasteiger partial charge on any atom is -0.342 e. The van der Waals surface area contributed by atoms with Crippen molar-refractivity contribution in [3.05, 3.63) is 46.5 Å². The molecule has 0 unspecified atom stereocenters. The van der Waals surface area contributed by atoms with E-state index in [-0.39, 0.29) is 37.1 Å². The Balaban J connectivity index is 1.64. The molecule has 3 heterocycles. The molecule has 0 aliphatic carbocycles. The summed E-state index contributed by atoms with van der Waals surface area (Å²) in [6.07, 6.45) is 1.97. The second kappa shape index (κ2) is 8.48. The van der Waals surface area contributed by atoms with Crippen molar-refractivity contribution in [2.45, 2.75) is 58.7 Å². The Labute approximate surface area is 186 Å². The summed E-state index contributed by atoms with van der Waals surface area (Å²) in [4.78, 5) is 38.4. The molecule has 1 N–H and O–H groups in total. The van der Waals surface area contributed by atoms with Crippen LogP contribution in [0.5, 0.6) is 0 Å². The van der Waals surface area contributed by atoms with Crippen LogP contribution in [0.2, 0.25) is 0 Å². The molecular formula is C24H30FN5O2. The van der Waals surface area contributed by atoms with Crippen LogP contribution in [0, 0.1) is 5.92 Å². The first-order valence-corrected chi connectivity index (χ1v) is 11.2. The Kier molecular flexibility index (Phi) is 5.88. The third-order valence-electron chi connectivity index (χ3n) is 6.24. The van der Waals surface area contributed by atoms with Crippen molar-refractivity contribution in [1.82, 2.24) is 24.4 Å². The summed E-state index contributed by atoms with van der Waals surface area (Å²) >= 11 is 0. The van der Waals surface area contributed by atoms with Gasteiger partial charge in [0.1, 0.15) is 11.2 Å². The molecule has 32 heavy (non-hydrogen) atoms. The number of halogens is 1. The van der Waals surface area contributed by atoms with E-state index in [0.29, 0.717) is 30.1 Å². The maximum Gasteiger partial charge on any atom is 0.327 e. The molecule has 4 rings (SSSR count). The fourth-order valence-corrected chi connectivity index (χ4v) is 4.36. The van der Waals surface area contributed by atoms with Crippen LogP contribution >= 0.6 is 0 Å². The maximum absolute atomic E-state index is 15.7. The molecule has 0 bridgehead atoms. The van der Waals surface area contributed by atoms with Gasteiger partial charge in [0.05, 0.1) is 12.7 Å². The number of benzene rings is 1. The van der Waals surface area contributed by atoms with Crippen LogP contribution in [0.4, 0.5) is 4.39 Å². The second-order valence-corrected chi connectivity index (χ2v) is 9.32. The van der Waals surface area contributed by atoms with Crippen LogP contribution in [0.3, 0.4) is 0 Å². The normalized spacial score (nSPS) is 16.3. The second-order valence-electron chi connectivity index (χ2n) is 9.32. The standard InChI is InChI=1S/C24H30FN5O2/c1-15(2)17-7-5-6-8-18(17)20-26-13-19-21(28-20)30(23(32)27-19)14-24(25)9-11-29(12-10-24)22(31)16(3)4/h5-8,13,15-16H,9-12,14H2,1-4H3,(H,27,32). The first-order chi connectivity index (χ1) is 15.2. The maximum atomic E-state index is 15.7. The van der Waals surface area contributed by atoms with Gasteiger partial charge in [-0.1, -0.05) is 52.0 Å². The zero-order chi connectivity index (χ0) is 23.0. The molecule has 0 saturated carbocycles. The highest BCUT2D eigenvalue weighted by atomic mass is 19.1. The zero-order valence-electron chi connectivity index (χ0n) is 19.1. The number of amides is 1. The fraction of sp³-hybridized carbons (Fsp3) is 0.500. The number of fused-ring (bicyclic) bond motifs is 1. The fourth-order valence-electron chi connectivity index (χ4n) is 4.36. The third-order valence-corrected chi connectivity index (χ3v) is 6.24. The molecule has 2 aromatic heterocycles. The van der Waals surface area contributed by atoms with Crippen molar-refractivity contribution >= 4 is 17.1 Å². The lowest BCUT2D eigenvalue weighted by Gasteiger charge is -2.37. The largest absolute Gasteiger partial charge is 0.342 e. The number of alkyl halides is 1. The lowest BCUT2D eigenvalue weighted by Crippen LogP contribution is -2.48. The SMILES string of the molecule is CC(C)C(=O)N1CCC(F)(Cn2c(=O)[nH]c3cnc(-c4ccccc4C(C)C)nc32)CC1. The highest BCUT2D eigenvalue weighted by Gasteiger charge is 2.37. The van der Waals surface area contributed by atoms with E-state index >= 15 is 4.39 Å². The summed E-state index contributed by atoms with van der Waals surface area (Å²) < 4.78 is 17.1. The Hall–Kier alpha value is -3.03. The summed E-state index contributed by atoms with van der Waals surface area (Å²) in [7, 11) is 0. The Morgan fingerprint density at radius 2 is 1.88 bits per heavy atom. The van der Waals surface area contributed by atoms with Gasteiger partial charge in [0.25, 0.3) is 0 Å². The first kappa shape index (κ1) is 22.2. The lowest BCUT2D eigenvalue weighted by atomic mass is 9.92.